The number of urea groups is 1. The van der Waals surface area contributed by atoms with E-state index >= 15 is 0 Å². The summed E-state index contributed by atoms with van der Waals surface area (Å²) in [5.41, 5.74) is 8.86. The second kappa shape index (κ2) is 5.71. The minimum absolute atomic E-state index is 0.502. The average molecular weight is 301 g/mol. The zero-order valence-electron chi connectivity index (χ0n) is 10.7. The number of hydrazone groups is 1. The minimum Gasteiger partial charge on any atom is -0.448 e. The summed E-state index contributed by atoms with van der Waals surface area (Å²) in [6.07, 6.45) is 1.37. The van der Waals surface area contributed by atoms with Gasteiger partial charge in [-0.3, -0.25) is 0 Å². The number of hydrogen-bond acceptors (Lipinski definition) is 5. The third kappa shape index (κ3) is 3.23. The molecule has 3 rings (SSSR count). The quantitative estimate of drug-likeness (QED) is 0.507. The molecule has 0 radical (unpaired) electrons. The number of carbonyl (C=O) groups is 1. The summed E-state index contributed by atoms with van der Waals surface area (Å²) in [5.74, 6) is 0.502. The standard InChI is InChI=1S/C13H11N5O2S/c14-12(19)18-15-7-8-5-6-11(20-8)21-13-16-9-3-1-2-4-10(9)17-13/h1-7H,(H,16,17)(H3,14,18,19)/b15-7-. The molecule has 2 heterocycles. The summed E-state index contributed by atoms with van der Waals surface area (Å²) in [6, 6.07) is 10.6. The predicted octanol–water partition coefficient (Wildman–Crippen LogP) is 2.31. The SMILES string of the molecule is NC(=O)N/N=C\c1ccc(Sc2nc3ccccc3[nH]2)o1. The molecule has 0 fully saturated rings. The third-order valence-electron chi connectivity index (χ3n) is 2.53. The van der Waals surface area contributed by atoms with E-state index in [1.54, 1.807) is 12.1 Å². The van der Waals surface area contributed by atoms with E-state index in [2.05, 4.69) is 20.5 Å². The Bertz CT molecular complexity index is 775. The van der Waals surface area contributed by atoms with Gasteiger partial charge in [0.2, 0.25) is 0 Å². The fraction of sp³-hybridized carbons (Fsp3) is 0. The first-order chi connectivity index (χ1) is 10.2. The Morgan fingerprint density at radius 2 is 2.24 bits per heavy atom. The Balaban J connectivity index is 1.71. The van der Waals surface area contributed by atoms with Crippen LogP contribution in [0.15, 0.2) is 56.2 Å². The molecule has 0 bridgehead atoms. The molecule has 2 aromatic heterocycles. The van der Waals surface area contributed by atoms with Crippen LogP contribution in [0.4, 0.5) is 4.79 Å². The van der Waals surface area contributed by atoms with E-state index in [9.17, 15) is 4.79 Å². The Morgan fingerprint density at radius 1 is 1.38 bits per heavy atom. The molecule has 8 heteroatoms. The largest absolute Gasteiger partial charge is 0.448 e. The third-order valence-corrected chi connectivity index (χ3v) is 3.34. The van der Waals surface area contributed by atoms with Crippen LogP contribution >= 0.6 is 11.8 Å². The van der Waals surface area contributed by atoms with E-state index in [4.69, 9.17) is 10.2 Å². The van der Waals surface area contributed by atoms with Gasteiger partial charge in [-0.15, -0.1) is 0 Å². The summed E-state index contributed by atoms with van der Waals surface area (Å²) in [4.78, 5) is 18.1. The Morgan fingerprint density at radius 3 is 3.05 bits per heavy atom. The second-order valence-corrected chi connectivity index (χ2v) is 5.05. The monoisotopic (exact) mass is 301 g/mol. The predicted molar refractivity (Wildman–Crippen MR) is 79.2 cm³/mol. The van der Waals surface area contributed by atoms with Crippen molar-refractivity contribution >= 4 is 35.0 Å². The van der Waals surface area contributed by atoms with Crippen molar-refractivity contribution in [1.29, 1.82) is 0 Å². The van der Waals surface area contributed by atoms with Gasteiger partial charge >= 0.3 is 6.03 Å². The number of primary amides is 1. The zero-order chi connectivity index (χ0) is 14.7. The van der Waals surface area contributed by atoms with Crippen molar-refractivity contribution in [3.8, 4) is 0 Å². The van der Waals surface area contributed by atoms with Crippen molar-refractivity contribution in [3.05, 3.63) is 42.2 Å². The number of carbonyl (C=O) groups excluding carboxylic acids is 1. The van der Waals surface area contributed by atoms with E-state index in [1.807, 2.05) is 24.3 Å². The number of nitrogens with two attached hydrogens (primary N) is 1. The number of nitrogens with zero attached hydrogens (tertiary/aromatic N) is 2. The Hall–Kier alpha value is -2.74. The van der Waals surface area contributed by atoms with E-state index < -0.39 is 6.03 Å². The summed E-state index contributed by atoms with van der Waals surface area (Å²) in [7, 11) is 0. The van der Waals surface area contributed by atoms with E-state index in [1.165, 1.54) is 18.0 Å². The van der Waals surface area contributed by atoms with Crippen LogP contribution in [-0.2, 0) is 0 Å². The lowest BCUT2D eigenvalue weighted by Crippen LogP contribution is -2.24. The molecule has 0 aliphatic rings. The first kappa shape index (κ1) is 13.3. The number of amides is 2. The van der Waals surface area contributed by atoms with Gasteiger partial charge in [0.05, 0.1) is 17.2 Å². The maximum atomic E-state index is 10.5. The number of hydrogen-bond donors (Lipinski definition) is 3. The van der Waals surface area contributed by atoms with Crippen LogP contribution in [-0.4, -0.2) is 22.2 Å². The number of rotatable bonds is 4. The highest BCUT2D eigenvalue weighted by molar-refractivity contribution is 7.99. The number of para-hydroxylation sites is 2. The van der Waals surface area contributed by atoms with Gasteiger partial charge in [-0.05, 0) is 36.0 Å². The maximum absolute atomic E-state index is 10.5. The first-order valence-electron chi connectivity index (χ1n) is 6.02. The number of nitrogens with one attached hydrogen (secondary N) is 2. The van der Waals surface area contributed by atoms with Crippen LogP contribution in [0.5, 0.6) is 0 Å². The highest BCUT2D eigenvalue weighted by Crippen LogP contribution is 2.28. The lowest BCUT2D eigenvalue weighted by molar-refractivity contribution is 0.249. The van der Waals surface area contributed by atoms with Gasteiger partial charge < -0.3 is 15.1 Å². The molecule has 21 heavy (non-hydrogen) atoms. The first-order valence-corrected chi connectivity index (χ1v) is 6.83. The molecular formula is C13H11N5O2S. The molecule has 0 atom stereocenters. The maximum Gasteiger partial charge on any atom is 0.332 e. The molecule has 106 valence electrons. The van der Waals surface area contributed by atoms with Gasteiger partial charge in [0.1, 0.15) is 5.76 Å². The number of furan rings is 1. The van der Waals surface area contributed by atoms with Crippen LogP contribution in [0.25, 0.3) is 11.0 Å². The number of fused-ring (bicyclic) bond motifs is 1. The van der Waals surface area contributed by atoms with Gasteiger partial charge in [0.25, 0.3) is 0 Å². The summed E-state index contributed by atoms with van der Waals surface area (Å²) >= 11 is 1.37. The van der Waals surface area contributed by atoms with Crippen molar-refractivity contribution in [2.24, 2.45) is 10.8 Å². The van der Waals surface area contributed by atoms with Gasteiger partial charge in [0.15, 0.2) is 10.2 Å². The van der Waals surface area contributed by atoms with Gasteiger partial charge in [-0.2, -0.15) is 5.10 Å². The zero-order valence-corrected chi connectivity index (χ0v) is 11.6. The molecule has 0 saturated carbocycles. The second-order valence-electron chi connectivity index (χ2n) is 4.05. The normalized spacial score (nSPS) is 11.2. The topological polar surface area (TPSA) is 109 Å². The molecule has 0 aliphatic heterocycles. The Labute approximate surface area is 123 Å². The summed E-state index contributed by atoms with van der Waals surface area (Å²) in [5, 5.41) is 5.02. The molecule has 3 aromatic rings. The molecule has 0 unspecified atom stereocenters. The smallest absolute Gasteiger partial charge is 0.332 e. The van der Waals surface area contributed by atoms with Crippen molar-refractivity contribution in [2.45, 2.75) is 10.2 Å². The number of aromatic amines is 1. The number of aromatic nitrogens is 2. The van der Waals surface area contributed by atoms with Crippen LogP contribution < -0.4 is 11.2 Å². The average Bonchev–Trinajstić information content (AvgIpc) is 3.04. The molecule has 2 amide bonds. The van der Waals surface area contributed by atoms with Crippen LogP contribution in [0.2, 0.25) is 0 Å². The molecule has 0 spiro atoms. The lowest BCUT2D eigenvalue weighted by atomic mass is 10.3. The number of imidazole rings is 1. The molecule has 0 aliphatic carbocycles. The highest BCUT2D eigenvalue weighted by atomic mass is 32.2. The molecular weight excluding hydrogens is 290 g/mol. The van der Waals surface area contributed by atoms with Crippen LogP contribution in [0.3, 0.4) is 0 Å². The number of benzene rings is 1. The van der Waals surface area contributed by atoms with E-state index in [0.717, 1.165) is 16.2 Å². The van der Waals surface area contributed by atoms with Crippen LogP contribution in [0, 0.1) is 0 Å². The van der Waals surface area contributed by atoms with Crippen molar-refractivity contribution in [2.75, 3.05) is 0 Å². The summed E-state index contributed by atoms with van der Waals surface area (Å²) < 4.78 is 5.53. The fourth-order valence-corrected chi connectivity index (χ4v) is 2.46. The minimum atomic E-state index is -0.727. The van der Waals surface area contributed by atoms with Gasteiger partial charge in [0, 0.05) is 0 Å². The fourth-order valence-electron chi connectivity index (χ4n) is 1.69. The Kier molecular flexibility index (Phi) is 3.61. The molecule has 1 aromatic carbocycles. The number of H-pyrrole nitrogens is 1. The van der Waals surface area contributed by atoms with Gasteiger partial charge in [-0.25, -0.2) is 15.2 Å². The van der Waals surface area contributed by atoms with Crippen molar-refractivity contribution in [3.63, 3.8) is 0 Å². The van der Waals surface area contributed by atoms with Crippen LogP contribution in [0.1, 0.15) is 5.76 Å². The summed E-state index contributed by atoms with van der Waals surface area (Å²) in [6.45, 7) is 0. The lowest BCUT2D eigenvalue weighted by Gasteiger charge is -1.91. The van der Waals surface area contributed by atoms with E-state index in [-0.39, 0.29) is 0 Å². The highest BCUT2D eigenvalue weighted by Gasteiger charge is 2.07. The van der Waals surface area contributed by atoms with E-state index in [0.29, 0.717) is 10.9 Å². The van der Waals surface area contributed by atoms with Crippen molar-refractivity contribution < 1.29 is 9.21 Å². The molecule has 4 N–H and O–H groups in total. The van der Waals surface area contributed by atoms with Gasteiger partial charge in [-0.1, -0.05) is 12.1 Å². The molecule has 0 saturated heterocycles. The van der Waals surface area contributed by atoms with Crippen molar-refractivity contribution in [1.82, 2.24) is 15.4 Å². The molecule has 7 nitrogen and oxygen atoms in total.